The predicted octanol–water partition coefficient (Wildman–Crippen LogP) is 4.86. The quantitative estimate of drug-likeness (QED) is 0.437. The van der Waals surface area contributed by atoms with Gasteiger partial charge in [0.15, 0.2) is 5.58 Å². The number of aromatic nitrogens is 4. The number of carbonyl (C=O) groups excluding carboxylic acids is 1. The van der Waals surface area contributed by atoms with Crippen LogP contribution in [0.4, 0.5) is 10.4 Å². The Bertz CT molecular complexity index is 1340. The highest BCUT2D eigenvalue weighted by Crippen LogP contribution is 2.29. The summed E-state index contributed by atoms with van der Waals surface area (Å²) < 4.78 is 20.2. The summed E-state index contributed by atoms with van der Waals surface area (Å²) in [6, 6.07) is 8.13. The van der Waals surface area contributed by atoms with Crippen molar-refractivity contribution in [1.29, 1.82) is 0 Å². The van der Waals surface area contributed by atoms with Crippen LogP contribution in [-0.4, -0.2) is 49.9 Å². The van der Waals surface area contributed by atoms with Gasteiger partial charge in [-0.15, -0.1) is 0 Å². The third-order valence-corrected chi connectivity index (χ3v) is 6.54. The zero-order valence-electron chi connectivity index (χ0n) is 18.8. The summed E-state index contributed by atoms with van der Waals surface area (Å²) in [6.07, 6.45) is 4.91. The molecule has 1 aliphatic rings. The fraction of sp³-hybridized carbons (Fsp3) is 0.333. The second kappa shape index (κ2) is 9.06. The molecular formula is C24H24ClFN6O2. The number of nitrogens with one attached hydrogen (secondary N) is 1. The van der Waals surface area contributed by atoms with Gasteiger partial charge in [0.1, 0.15) is 17.0 Å². The van der Waals surface area contributed by atoms with Crippen LogP contribution in [0.3, 0.4) is 0 Å². The van der Waals surface area contributed by atoms with Crippen LogP contribution >= 0.6 is 11.6 Å². The zero-order valence-corrected chi connectivity index (χ0v) is 19.6. The number of likely N-dealkylation sites (tertiary alicyclic amines) is 1. The van der Waals surface area contributed by atoms with Gasteiger partial charge in [0.05, 0.1) is 24.0 Å². The number of nitrogens with zero attached hydrogens (tertiary/aromatic N) is 5. The van der Waals surface area contributed by atoms with Crippen LogP contribution in [0.5, 0.6) is 0 Å². The minimum Gasteiger partial charge on any atom is -0.424 e. The van der Waals surface area contributed by atoms with Crippen molar-refractivity contribution < 1.29 is 13.6 Å². The lowest BCUT2D eigenvalue weighted by Gasteiger charge is -2.40. The zero-order chi connectivity index (χ0) is 23.8. The Kier molecular flexibility index (Phi) is 5.95. The van der Waals surface area contributed by atoms with E-state index in [0.29, 0.717) is 46.5 Å². The Labute approximate surface area is 200 Å². The Hall–Kier alpha value is -3.46. The number of amides is 1. The van der Waals surface area contributed by atoms with E-state index in [4.69, 9.17) is 16.0 Å². The first kappa shape index (κ1) is 22.3. The van der Waals surface area contributed by atoms with Gasteiger partial charge in [-0.25, -0.2) is 4.39 Å². The first-order valence-corrected chi connectivity index (χ1v) is 11.6. The highest BCUT2D eigenvalue weighted by Gasteiger charge is 2.34. The van der Waals surface area contributed by atoms with E-state index >= 15 is 0 Å². The number of oxazole rings is 1. The molecule has 2 atom stereocenters. The molecule has 1 aliphatic heterocycles. The molecule has 34 heavy (non-hydrogen) atoms. The van der Waals surface area contributed by atoms with Gasteiger partial charge >= 0.3 is 0 Å². The lowest BCUT2D eigenvalue weighted by Crippen LogP contribution is -2.51. The van der Waals surface area contributed by atoms with E-state index in [0.717, 1.165) is 12.8 Å². The van der Waals surface area contributed by atoms with Crippen LogP contribution < -0.4 is 5.32 Å². The van der Waals surface area contributed by atoms with Crippen molar-refractivity contribution >= 4 is 34.6 Å². The average Bonchev–Trinajstić information content (AvgIpc) is 3.46. The van der Waals surface area contributed by atoms with Crippen molar-refractivity contribution in [2.45, 2.75) is 32.7 Å². The van der Waals surface area contributed by atoms with E-state index in [9.17, 15) is 9.18 Å². The SMILES string of the molecule is Cc1cc(F)cc(C(=O)N2CCC[C@@H](C)[C@H]2CNc2nc3cc(Cl)ccc3o2)c1-n1nccn1. The molecule has 176 valence electrons. The van der Waals surface area contributed by atoms with Crippen LogP contribution in [0.2, 0.25) is 5.02 Å². The minimum absolute atomic E-state index is 0.137. The number of anilines is 1. The molecule has 1 N–H and O–H groups in total. The number of carbonyl (C=O) groups is 1. The third-order valence-electron chi connectivity index (χ3n) is 6.30. The Morgan fingerprint density at radius 1 is 1.26 bits per heavy atom. The molecule has 1 fully saturated rings. The summed E-state index contributed by atoms with van der Waals surface area (Å²) in [7, 11) is 0. The fourth-order valence-electron chi connectivity index (χ4n) is 4.63. The van der Waals surface area contributed by atoms with Crippen molar-refractivity contribution in [2.75, 3.05) is 18.4 Å². The second-order valence-electron chi connectivity index (χ2n) is 8.63. The molecule has 2 aromatic carbocycles. The maximum Gasteiger partial charge on any atom is 0.295 e. The molecule has 0 bridgehead atoms. The van der Waals surface area contributed by atoms with Crippen LogP contribution in [0, 0.1) is 18.7 Å². The standard InChI is InChI=1S/C24H24ClFN6O2/c1-14-4-3-9-31(20(14)13-27-24-30-19-11-16(25)5-6-21(19)34-24)23(33)18-12-17(26)10-15(2)22(18)32-28-7-8-29-32/h5-8,10-12,14,20H,3-4,9,13H2,1-2H3,(H,27,30)/t14-,20-/m1/s1. The number of aryl methyl sites for hydroxylation is 1. The monoisotopic (exact) mass is 482 g/mol. The summed E-state index contributed by atoms with van der Waals surface area (Å²) in [5.74, 6) is -0.496. The molecule has 0 spiro atoms. The van der Waals surface area contributed by atoms with Crippen LogP contribution in [-0.2, 0) is 0 Å². The molecule has 3 heterocycles. The third kappa shape index (κ3) is 4.23. The van der Waals surface area contributed by atoms with E-state index in [2.05, 4.69) is 27.4 Å². The molecule has 4 aromatic rings. The highest BCUT2D eigenvalue weighted by atomic mass is 35.5. The van der Waals surface area contributed by atoms with Crippen LogP contribution in [0.15, 0.2) is 47.1 Å². The largest absolute Gasteiger partial charge is 0.424 e. The Balaban J connectivity index is 1.43. The van der Waals surface area contributed by atoms with E-state index < -0.39 is 5.82 Å². The van der Waals surface area contributed by atoms with E-state index in [-0.39, 0.29) is 23.4 Å². The number of piperidine rings is 1. The number of benzene rings is 2. The normalized spacial score (nSPS) is 18.4. The molecule has 1 amide bonds. The molecular weight excluding hydrogens is 459 g/mol. The van der Waals surface area contributed by atoms with Gasteiger partial charge in [0.2, 0.25) is 0 Å². The maximum absolute atomic E-state index is 14.4. The topological polar surface area (TPSA) is 89.1 Å². The van der Waals surface area contributed by atoms with Crippen molar-refractivity contribution in [2.24, 2.45) is 5.92 Å². The van der Waals surface area contributed by atoms with E-state index in [1.54, 1.807) is 25.1 Å². The lowest BCUT2D eigenvalue weighted by atomic mass is 9.89. The summed E-state index contributed by atoms with van der Waals surface area (Å²) in [6.45, 7) is 4.87. The van der Waals surface area contributed by atoms with Gasteiger partial charge in [-0.2, -0.15) is 20.0 Å². The summed E-state index contributed by atoms with van der Waals surface area (Å²) in [4.78, 5) is 21.4. The lowest BCUT2D eigenvalue weighted by molar-refractivity contribution is 0.0538. The molecule has 0 unspecified atom stereocenters. The van der Waals surface area contributed by atoms with Crippen molar-refractivity contribution in [3.05, 3.63) is 64.7 Å². The predicted molar refractivity (Wildman–Crippen MR) is 127 cm³/mol. The minimum atomic E-state index is -0.471. The summed E-state index contributed by atoms with van der Waals surface area (Å²) in [5.41, 5.74) is 2.60. The molecule has 0 radical (unpaired) electrons. The van der Waals surface area contributed by atoms with Crippen molar-refractivity contribution in [3.63, 3.8) is 0 Å². The smallest absolute Gasteiger partial charge is 0.295 e. The molecule has 2 aromatic heterocycles. The fourth-order valence-corrected chi connectivity index (χ4v) is 4.80. The Morgan fingerprint density at radius 3 is 2.85 bits per heavy atom. The van der Waals surface area contributed by atoms with E-state index in [1.807, 2.05) is 4.90 Å². The number of hydrogen-bond acceptors (Lipinski definition) is 6. The molecule has 8 nitrogen and oxygen atoms in total. The van der Waals surface area contributed by atoms with Crippen molar-refractivity contribution in [1.82, 2.24) is 24.9 Å². The molecule has 0 saturated carbocycles. The van der Waals surface area contributed by atoms with E-state index in [1.165, 1.54) is 29.3 Å². The van der Waals surface area contributed by atoms with Gasteiger partial charge in [-0.1, -0.05) is 18.5 Å². The molecule has 5 rings (SSSR count). The van der Waals surface area contributed by atoms with Gasteiger partial charge < -0.3 is 14.6 Å². The van der Waals surface area contributed by atoms with Crippen molar-refractivity contribution in [3.8, 4) is 5.69 Å². The van der Waals surface area contributed by atoms with Gasteiger partial charge in [0, 0.05) is 18.1 Å². The van der Waals surface area contributed by atoms with Crippen LogP contribution in [0.25, 0.3) is 16.8 Å². The second-order valence-corrected chi connectivity index (χ2v) is 9.07. The number of fused-ring (bicyclic) bond motifs is 1. The Morgan fingerprint density at radius 2 is 2.06 bits per heavy atom. The molecule has 1 saturated heterocycles. The first-order valence-electron chi connectivity index (χ1n) is 11.2. The first-order chi connectivity index (χ1) is 16.4. The molecule has 10 heteroatoms. The van der Waals surface area contributed by atoms with Gasteiger partial charge in [-0.3, -0.25) is 4.79 Å². The van der Waals surface area contributed by atoms with Gasteiger partial charge in [0.25, 0.3) is 11.9 Å². The average molecular weight is 483 g/mol. The maximum atomic E-state index is 14.4. The van der Waals surface area contributed by atoms with Crippen LogP contribution in [0.1, 0.15) is 35.7 Å². The number of hydrogen-bond donors (Lipinski definition) is 1. The summed E-state index contributed by atoms with van der Waals surface area (Å²) >= 11 is 6.05. The highest BCUT2D eigenvalue weighted by molar-refractivity contribution is 6.31. The van der Waals surface area contributed by atoms with Gasteiger partial charge in [-0.05, 0) is 61.6 Å². The number of rotatable bonds is 5. The summed E-state index contributed by atoms with van der Waals surface area (Å²) in [5, 5.41) is 12.2. The molecule has 0 aliphatic carbocycles. The number of halogens is 2.